The van der Waals surface area contributed by atoms with Crippen LogP contribution in [0.5, 0.6) is 0 Å². The van der Waals surface area contributed by atoms with Crippen molar-refractivity contribution < 1.29 is 14.3 Å². The number of methoxy groups -OCH3 is 1. The Morgan fingerprint density at radius 3 is 2.45 bits per heavy atom. The fourth-order valence-electron chi connectivity index (χ4n) is 3.25. The Morgan fingerprint density at radius 1 is 1.03 bits per heavy atom. The summed E-state index contributed by atoms with van der Waals surface area (Å²) in [6, 6.07) is 14.3. The average Bonchev–Trinajstić information content (AvgIpc) is 3.24. The summed E-state index contributed by atoms with van der Waals surface area (Å²) in [5.74, 6) is -0.642. The molecule has 0 radical (unpaired) electrons. The van der Waals surface area contributed by atoms with Gasteiger partial charge in [0, 0.05) is 18.0 Å². The summed E-state index contributed by atoms with van der Waals surface area (Å²) in [6.45, 7) is 4.43. The van der Waals surface area contributed by atoms with E-state index in [0.717, 1.165) is 26.9 Å². The van der Waals surface area contributed by atoms with Gasteiger partial charge in [-0.15, -0.1) is 0 Å². The molecule has 0 atom stereocenters. The smallest absolute Gasteiger partial charge is 0.337 e. The van der Waals surface area contributed by atoms with E-state index in [-0.39, 0.29) is 5.91 Å². The molecule has 0 aliphatic heterocycles. The van der Waals surface area contributed by atoms with E-state index in [1.54, 1.807) is 41.6 Å². The third-order valence-corrected chi connectivity index (χ3v) is 6.21. The van der Waals surface area contributed by atoms with Crippen molar-refractivity contribution in [2.24, 2.45) is 0 Å². The summed E-state index contributed by atoms with van der Waals surface area (Å²) >= 11 is 1.48. The summed E-state index contributed by atoms with van der Waals surface area (Å²) in [7, 11) is 1.33. The molecule has 156 valence electrons. The quantitative estimate of drug-likeness (QED) is 0.419. The van der Waals surface area contributed by atoms with E-state index < -0.39 is 5.97 Å². The van der Waals surface area contributed by atoms with E-state index >= 15 is 0 Å². The lowest BCUT2D eigenvalue weighted by molar-refractivity contribution is 0.0600. The van der Waals surface area contributed by atoms with Crippen molar-refractivity contribution in [3.05, 3.63) is 88.7 Å². The highest BCUT2D eigenvalue weighted by Crippen LogP contribution is 2.33. The molecule has 0 aliphatic rings. The van der Waals surface area contributed by atoms with Crippen molar-refractivity contribution in [1.29, 1.82) is 0 Å². The maximum atomic E-state index is 13.5. The molecule has 1 amide bonds. The third kappa shape index (κ3) is 4.18. The molecule has 0 saturated carbocycles. The minimum absolute atomic E-state index is 0.200. The van der Waals surface area contributed by atoms with E-state index in [2.05, 4.69) is 18.0 Å². The second-order valence-electron chi connectivity index (χ2n) is 7.17. The van der Waals surface area contributed by atoms with E-state index in [9.17, 15) is 9.59 Å². The Balaban J connectivity index is 1.75. The van der Waals surface area contributed by atoms with Crippen molar-refractivity contribution in [3.8, 4) is 0 Å². The summed E-state index contributed by atoms with van der Waals surface area (Å²) < 4.78 is 5.77. The summed E-state index contributed by atoms with van der Waals surface area (Å²) in [6.07, 6.45) is 3.44. The first-order chi connectivity index (χ1) is 15.0. The predicted molar refractivity (Wildman–Crippen MR) is 122 cm³/mol. The number of hydrogen-bond acceptors (Lipinski definition) is 6. The molecule has 0 unspecified atom stereocenters. The second kappa shape index (κ2) is 8.65. The lowest BCUT2D eigenvalue weighted by Crippen LogP contribution is -2.30. The molecule has 4 rings (SSSR count). The van der Waals surface area contributed by atoms with Crippen LogP contribution in [0.3, 0.4) is 0 Å². The molecule has 0 bridgehead atoms. The van der Waals surface area contributed by atoms with Gasteiger partial charge in [-0.2, -0.15) is 0 Å². The van der Waals surface area contributed by atoms with Gasteiger partial charge in [-0.05, 0) is 66.9 Å². The van der Waals surface area contributed by atoms with Gasteiger partial charge in [0.2, 0.25) is 0 Å². The molecule has 2 aromatic heterocycles. The van der Waals surface area contributed by atoms with Crippen LogP contribution in [0.25, 0.3) is 10.2 Å². The van der Waals surface area contributed by atoms with E-state index in [1.807, 2.05) is 25.1 Å². The number of nitrogens with zero attached hydrogens (tertiary/aromatic N) is 3. The number of aromatic nitrogens is 2. The van der Waals surface area contributed by atoms with Crippen molar-refractivity contribution in [1.82, 2.24) is 9.97 Å². The van der Waals surface area contributed by atoms with Crippen LogP contribution < -0.4 is 4.90 Å². The minimum atomic E-state index is -0.441. The molecule has 0 aliphatic carbocycles. The second-order valence-corrected chi connectivity index (χ2v) is 8.18. The number of carbonyl (C=O) groups excluding carboxylic acids is 2. The molecule has 0 spiro atoms. The summed E-state index contributed by atoms with van der Waals surface area (Å²) in [4.78, 5) is 35.8. The molecule has 4 aromatic rings. The first kappa shape index (κ1) is 20.7. The Hall–Kier alpha value is -3.58. The van der Waals surface area contributed by atoms with Gasteiger partial charge in [0.15, 0.2) is 5.13 Å². The van der Waals surface area contributed by atoms with Crippen molar-refractivity contribution in [2.75, 3.05) is 12.0 Å². The zero-order chi connectivity index (χ0) is 22.0. The molecule has 0 fully saturated rings. The summed E-state index contributed by atoms with van der Waals surface area (Å²) in [5.41, 5.74) is 4.93. The van der Waals surface area contributed by atoms with Crippen LogP contribution in [0.4, 0.5) is 5.13 Å². The number of hydrogen-bond donors (Lipinski definition) is 0. The maximum absolute atomic E-state index is 13.5. The van der Waals surface area contributed by atoms with Gasteiger partial charge >= 0.3 is 5.97 Å². The van der Waals surface area contributed by atoms with Crippen LogP contribution in [-0.4, -0.2) is 29.0 Å². The average molecular weight is 432 g/mol. The first-order valence-electron chi connectivity index (χ1n) is 9.74. The van der Waals surface area contributed by atoms with Gasteiger partial charge in [0.1, 0.15) is 0 Å². The molecule has 0 saturated heterocycles. The molecule has 6 nitrogen and oxygen atoms in total. The fraction of sp³-hybridized carbons (Fsp3) is 0.167. The van der Waals surface area contributed by atoms with E-state index in [0.29, 0.717) is 22.8 Å². The number of esters is 1. The largest absolute Gasteiger partial charge is 0.465 e. The van der Waals surface area contributed by atoms with Crippen molar-refractivity contribution >= 4 is 38.6 Å². The Bertz CT molecular complexity index is 1250. The van der Waals surface area contributed by atoms with Crippen LogP contribution in [0, 0.1) is 13.8 Å². The summed E-state index contributed by atoms with van der Waals surface area (Å²) in [5, 5.41) is 0.620. The van der Waals surface area contributed by atoms with Crippen LogP contribution in [0.1, 0.15) is 37.4 Å². The Kier molecular flexibility index (Phi) is 5.77. The third-order valence-electron chi connectivity index (χ3n) is 5.17. The number of carbonyl (C=O) groups is 2. The van der Waals surface area contributed by atoms with Gasteiger partial charge in [-0.1, -0.05) is 23.5 Å². The van der Waals surface area contributed by atoms with Crippen molar-refractivity contribution in [2.45, 2.75) is 20.4 Å². The molecular weight excluding hydrogens is 410 g/mol. The number of pyridine rings is 1. The number of ether oxygens (including phenoxy) is 1. The normalized spacial score (nSPS) is 10.8. The van der Waals surface area contributed by atoms with Crippen LogP contribution in [0.15, 0.2) is 60.9 Å². The number of anilines is 1. The number of rotatable bonds is 5. The number of amides is 1. The molecular formula is C24H21N3O3S. The molecule has 2 aromatic carbocycles. The molecule has 7 heteroatoms. The SMILES string of the molecule is COC(=O)c1ccc(C(=O)N(Cc2cccnc2)c2nc3c(C)c(C)ccc3s2)cc1. The van der Waals surface area contributed by atoms with Crippen molar-refractivity contribution in [3.63, 3.8) is 0 Å². The van der Waals surface area contributed by atoms with Gasteiger partial charge in [-0.25, -0.2) is 9.78 Å². The fourth-order valence-corrected chi connectivity index (χ4v) is 4.28. The predicted octanol–water partition coefficient (Wildman–Crippen LogP) is 4.94. The zero-order valence-electron chi connectivity index (χ0n) is 17.5. The maximum Gasteiger partial charge on any atom is 0.337 e. The lowest BCUT2D eigenvalue weighted by Gasteiger charge is -2.20. The first-order valence-corrected chi connectivity index (χ1v) is 10.6. The highest BCUT2D eigenvalue weighted by atomic mass is 32.1. The van der Waals surface area contributed by atoms with E-state index in [1.165, 1.54) is 18.4 Å². The minimum Gasteiger partial charge on any atom is -0.465 e. The molecule has 31 heavy (non-hydrogen) atoms. The van der Waals surface area contributed by atoms with Crippen LogP contribution in [0.2, 0.25) is 0 Å². The number of aryl methyl sites for hydroxylation is 2. The van der Waals surface area contributed by atoms with Crippen LogP contribution >= 0.6 is 11.3 Å². The highest BCUT2D eigenvalue weighted by Gasteiger charge is 2.23. The van der Waals surface area contributed by atoms with Gasteiger partial charge in [-0.3, -0.25) is 14.7 Å². The Labute approximate surface area is 184 Å². The standard InChI is InChI=1S/C24H21N3O3S/c1-15-6-11-20-21(16(15)2)26-24(31-20)27(14-17-5-4-12-25-13-17)22(28)18-7-9-19(10-8-18)23(29)30-3/h4-13H,14H2,1-3H3. The van der Waals surface area contributed by atoms with Crippen LogP contribution in [-0.2, 0) is 11.3 Å². The number of fused-ring (bicyclic) bond motifs is 1. The topological polar surface area (TPSA) is 72.4 Å². The number of benzene rings is 2. The van der Waals surface area contributed by atoms with Gasteiger partial charge in [0.05, 0.1) is 29.4 Å². The Morgan fingerprint density at radius 2 is 1.77 bits per heavy atom. The monoisotopic (exact) mass is 431 g/mol. The molecule has 0 N–H and O–H groups in total. The van der Waals surface area contributed by atoms with E-state index in [4.69, 9.17) is 9.72 Å². The zero-order valence-corrected chi connectivity index (χ0v) is 18.3. The lowest BCUT2D eigenvalue weighted by atomic mass is 10.1. The van der Waals surface area contributed by atoms with Gasteiger partial charge < -0.3 is 4.74 Å². The highest BCUT2D eigenvalue weighted by molar-refractivity contribution is 7.22. The number of thiazole rings is 1. The molecule has 2 heterocycles. The van der Waals surface area contributed by atoms with Gasteiger partial charge in [0.25, 0.3) is 5.91 Å².